The normalized spacial score (nSPS) is 13.4. The van der Waals surface area contributed by atoms with Crippen molar-refractivity contribution in [1.82, 2.24) is 10.6 Å². The molecule has 0 radical (unpaired) electrons. The van der Waals surface area contributed by atoms with Crippen LogP contribution in [-0.2, 0) is 14.3 Å². The molecule has 166 valence electrons. The van der Waals surface area contributed by atoms with Gasteiger partial charge in [-0.2, -0.15) is 11.8 Å². The van der Waals surface area contributed by atoms with Gasteiger partial charge >= 0.3 is 0 Å². The Labute approximate surface area is 177 Å². The Bertz CT molecular complexity index is 503. The molecule has 0 heterocycles. The highest BCUT2D eigenvalue weighted by Gasteiger charge is 2.26. The van der Waals surface area contributed by atoms with E-state index in [2.05, 4.69) is 52.2 Å². The van der Waals surface area contributed by atoms with Crippen molar-refractivity contribution in [3.05, 3.63) is 0 Å². The number of rotatable bonds is 11. The van der Waals surface area contributed by atoms with Gasteiger partial charge in [-0.3, -0.25) is 9.59 Å². The smallest absolute Gasteiger partial charge is 0.221 e. The Kier molecular flexibility index (Phi) is 10.6. The predicted octanol–water partition coefficient (Wildman–Crippen LogP) is 4.54. The van der Waals surface area contributed by atoms with Crippen molar-refractivity contribution in [3.8, 4) is 0 Å². The average Bonchev–Trinajstić information content (AvgIpc) is 2.41. The summed E-state index contributed by atoms with van der Waals surface area (Å²) < 4.78 is 6.24. The minimum Gasteiger partial charge on any atom is -0.373 e. The van der Waals surface area contributed by atoms with Crippen molar-refractivity contribution in [2.75, 3.05) is 18.9 Å². The number of hydrogen-bond acceptors (Lipinski definition) is 4. The lowest BCUT2D eigenvalue weighted by Crippen LogP contribution is -2.49. The third-order valence-corrected chi connectivity index (χ3v) is 5.18. The molecule has 0 aromatic carbocycles. The highest BCUT2D eigenvalue weighted by molar-refractivity contribution is 8.00. The van der Waals surface area contributed by atoms with Crippen molar-refractivity contribution in [1.29, 1.82) is 0 Å². The summed E-state index contributed by atoms with van der Waals surface area (Å²) in [4.78, 5) is 24.1. The van der Waals surface area contributed by atoms with Gasteiger partial charge in [-0.15, -0.1) is 0 Å². The first-order valence-electron chi connectivity index (χ1n) is 10.3. The quantitative estimate of drug-likeness (QED) is 0.519. The standard InChI is InChI=1S/C22H44N2O3S/c1-19(2,3)15-18(26)23-13-12-22(9,10)27-16-21(7,8)24-17(25)11-14-28-20(4,5)6/h11-16H2,1-10H3,(H,23,26)(H,24,25). The van der Waals surface area contributed by atoms with Gasteiger partial charge in [-0.25, -0.2) is 0 Å². The van der Waals surface area contributed by atoms with Gasteiger partial charge in [0.25, 0.3) is 0 Å². The molecule has 0 unspecified atom stereocenters. The second kappa shape index (κ2) is 10.9. The number of hydrogen-bond donors (Lipinski definition) is 2. The number of nitrogens with one attached hydrogen (secondary N) is 2. The minimum atomic E-state index is -0.434. The molecule has 0 aromatic rings. The van der Waals surface area contributed by atoms with E-state index in [1.54, 1.807) is 11.8 Å². The minimum absolute atomic E-state index is 0.0102. The van der Waals surface area contributed by atoms with Crippen LogP contribution >= 0.6 is 11.8 Å². The molecule has 2 N–H and O–H groups in total. The van der Waals surface area contributed by atoms with Gasteiger partial charge in [0.2, 0.25) is 11.8 Å². The summed E-state index contributed by atoms with van der Waals surface area (Å²) in [5, 5.41) is 6.04. The van der Waals surface area contributed by atoms with Crippen LogP contribution < -0.4 is 10.6 Å². The Hall–Kier alpha value is -0.750. The molecule has 6 heteroatoms. The molecule has 0 aliphatic carbocycles. The summed E-state index contributed by atoms with van der Waals surface area (Å²) in [5.74, 6) is 0.938. The number of thioether (sulfide) groups is 1. The van der Waals surface area contributed by atoms with E-state index in [0.717, 1.165) is 12.2 Å². The van der Waals surface area contributed by atoms with E-state index < -0.39 is 5.54 Å². The number of carbonyl (C=O) groups is 2. The molecule has 0 aromatic heterocycles. The van der Waals surface area contributed by atoms with Gasteiger partial charge in [0, 0.05) is 29.9 Å². The van der Waals surface area contributed by atoms with E-state index in [-0.39, 0.29) is 27.6 Å². The fourth-order valence-corrected chi connectivity index (χ4v) is 3.32. The summed E-state index contributed by atoms with van der Waals surface area (Å²) in [6, 6.07) is 0. The van der Waals surface area contributed by atoms with Gasteiger partial charge in [-0.05, 0) is 39.5 Å². The highest BCUT2D eigenvalue weighted by Crippen LogP contribution is 2.24. The second-order valence-electron chi connectivity index (χ2n) is 11.0. The SMILES string of the molecule is CC(C)(C)CC(=O)NCCC(C)(C)OCC(C)(C)NC(=O)CCSC(C)(C)C. The molecule has 0 aliphatic rings. The Morgan fingerprint density at radius 2 is 1.46 bits per heavy atom. The van der Waals surface area contributed by atoms with Gasteiger partial charge in [-0.1, -0.05) is 41.5 Å². The summed E-state index contributed by atoms with van der Waals surface area (Å²) in [7, 11) is 0. The summed E-state index contributed by atoms with van der Waals surface area (Å²) in [5.41, 5.74) is -0.820. The highest BCUT2D eigenvalue weighted by atomic mass is 32.2. The molecule has 0 bridgehead atoms. The van der Waals surface area contributed by atoms with Crippen LogP contribution in [0.25, 0.3) is 0 Å². The Morgan fingerprint density at radius 1 is 0.893 bits per heavy atom. The van der Waals surface area contributed by atoms with E-state index in [4.69, 9.17) is 4.74 Å². The van der Waals surface area contributed by atoms with Gasteiger partial charge in [0.15, 0.2) is 0 Å². The number of amides is 2. The van der Waals surface area contributed by atoms with Gasteiger partial charge in [0.1, 0.15) is 0 Å². The molecular weight excluding hydrogens is 372 g/mol. The second-order valence-corrected chi connectivity index (χ2v) is 13.0. The molecular formula is C22H44N2O3S. The van der Waals surface area contributed by atoms with E-state index in [1.165, 1.54) is 0 Å². The van der Waals surface area contributed by atoms with Gasteiger partial charge in [0.05, 0.1) is 17.7 Å². The molecule has 0 aliphatic heterocycles. The monoisotopic (exact) mass is 416 g/mol. The Balaban J connectivity index is 4.25. The summed E-state index contributed by atoms with van der Waals surface area (Å²) in [6.45, 7) is 21.6. The maximum atomic E-state index is 12.2. The van der Waals surface area contributed by atoms with Crippen LogP contribution in [-0.4, -0.2) is 46.6 Å². The number of ether oxygens (including phenoxy) is 1. The van der Waals surface area contributed by atoms with Crippen molar-refractivity contribution in [2.24, 2.45) is 5.41 Å². The third-order valence-electron chi connectivity index (χ3n) is 3.91. The maximum absolute atomic E-state index is 12.2. The topological polar surface area (TPSA) is 67.4 Å². The van der Waals surface area contributed by atoms with Crippen molar-refractivity contribution in [2.45, 2.75) is 104 Å². The first-order chi connectivity index (χ1) is 12.4. The van der Waals surface area contributed by atoms with Crippen molar-refractivity contribution < 1.29 is 14.3 Å². The first kappa shape index (κ1) is 27.2. The van der Waals surface area contributed by atoms with E-state index in [0.29, 0.717) is 26.0 Å². The molecule has 28 heavy (non-hydrogen) atoms. The van der Waals surface area contributed by atoms with Crippen LogP contribution in [0.4, 0.5) is 0 Å². The van der Waals surface area contributed by atoms with E-state index in [1.807, 2.05) is 27.7 Å². The van der Waals surface area contributed by atoms with Gasteiger partial charge < -0.3 is 15.4 Å². The zero-order chi connectivity index (χ0) is 22.2. The fraction of sp³-hybridized carbons (Fsp3) is 0.909. The zero-order valence-corrected chi connectivity index (χ0v) is 20.7. The lowest BCUT2D eigenvalue weighted by Gasteiger charge is -2.33. The predicted molar refractivity (Wildman–Crippen MR) is 121 cm³/mol. The fourth-order valence-electron chi connectivity index (χ4n) is 2.42. The van der Waals surface area contributed by atoms with Crippen molar-refractivity contribution in [3.63, 3.8) is 0 Å². The van der Waals surface area contributed by atoms with Crippen LogP contribution in [0.2, 0.25) is 0 Å². The lowest BCUT2D eigenvalue weighted by atomic mass is 9.92. The molecule has 0 spiro atoms. The van der Waals surface area contributed by atoms with Crippen LogP contribution in [0.1, 0.15) is 88.5 Å². The summed E-state index contributed by atoms with van der Waals surface area (Å²) >= 11 is 1.79. The van der Waals surface area contributed by atoms with Crippen LogP contribution in [0.5, 0.6) is 0 Å². The molecule has 0 saturated heterocycles. The molecule has 0 atom stereocenters. The molecule has 0 saturated carbocycles. The molecule has 5 nitrogen and oxygen atoms in total. The van der Waals surface area contributed by atoms with Crippen molar-refractivity contribution >= 4 is 23.6 Å². The molecule has 2 amide bonds. The zero-order valence-electron chi connectivity index (χ0n) is 19.9. The van der Waals surface area contributed by atoms with E-state index in [9.17, 15) is 9.59 Å². The van der Waals surface area contributed by atoms with Crippen LogP contribution in [0.15, 0.2) is 0 Å². The number of carbonyl (C=O) groups excluding carboxylic acids is 2. The Morgan fingerprint density at radius 3 is 1.96 bits per heavy atom. The van der Waals surface area contributed by atoms with Crippen LogP contribution in [0, 0.1) is 5.41 Å². The molecule has 0 rings (SSSR count). The van der Waals surface area contributed by atoms with E-state index >= 15 is 0 Å². The lowest BCUT2D eigenvalue weighted by molar-refractivity contribution is -0.125. The maximum Gasteiger partial charge on any atom is 0.221 e. The first-order valence-corrected chi connectivity index (χ1v) is 11.3. The third kappa shape index (κ3) is 16.2. The molecule has 0 fully saturated rings. The summed E-state index contributed by atoms with van der Waals surface area (Å²) in [6.07, 6.45) is 1.74. The largest absolute Gasteiger partial charge is 0.373 e. The van der Waals surface area contributed by atoms with Crippen LogP contribution in [0.3, 0.4) is 0 Å². The average molecular weight is 417 g/mol.